The highest BCUT2D eigenvalue weighted by molar-refractivity contribution is 7.78. The summed E-state index contributed by atoms with van der Waals surface area (Å²) in [6.45, 7) is 0. The first-order chi connectivity index (χ1) is 14.3. The van der Waals surface area contributed by atoms with E-state index in [9.17, 15) is 4.57 Å². The number of hydrogen-bond donors (Lipinski definition) is 2. The molecule has 0 amide bonds. The average Bonchev–Trinajstić information content (AvgIpc) is 2.81. The van der Waals surface area contributed by atoms with Crippen molar-refractivity contribution in [2.45, 2.75) is 0 Å². The number of hydrogen-bond acceptors (Lipinski definition) is 2. The van der Waals surface area contributed by atoms with E-state index in [1.54, 1.807) is 0 Å². The summed E-state index contributed by atoms with van der Waals surface area (Å²) in [4.78, 5) is 0. The maximum absolute atomic E-state index is 14.2. The lowest BCUT2D eigenvalue weighted by molar-refractivity contribution is 0.577. The minimum absolute atomic E-state index is 0.773. The van der Waals surface area contributed by atoms with Crippen LogP contribution in [-0.2, 0) is 4.57 Å². The predicted octanol–water partition coefficient (Wildman–Crippen LogP) is 4.06. The fourth-order valence-corrected chi connectivity index (χ4v) is 7.31. The van der Waals surface area contributed by atoms with Crippen LogP contribution in [0.5, 0.6) is 0 Å². The van der Waals surface area contributed by atoms with Gasteiger partial charge in [0, 0.05) is 18.7 Å². The van der Waals surface area contributed by atoms with E-state index >= 15 is 0 Å². The standard InChI is InChI=1S/C24H22N2OP2/c27-29(23-17-9-3-10-18-23,24-19-11-4-12-20-24)26-25-28(21-13-5-1-6-14-21)22-15-7-2-8-16-22/h1-20,25H,(H,26,27). The molecule has 0 aliphatic rings. The van der Waals surface area contributed by atoms with Crippen LogP contribution in [0.1, 0.15) is 0 Å². The summed E-state index contributed by atoms with van der Waals surface area (Å²) in [5.74, 6) is 0. The van der Waals surface area contributed by atoms with E-state index in [4.69, 9.17) is 0 Å². The van der Waals surface area contributed by atoms with Crippen molar-refractivity contribution in [1.82, 2.24) is 10.4 Å². The van der Waals surface area contributed by atoms with Gasteiger partial charge in [-0.15, -0.1) is 0 Å². The zero-order chi connectivity index (χ0) is 19.9. The summed E-state index contributed by atoms with van der Waals surface area (Å²) < 4.78 is 14.2. The second-order valence-electron chi connectivity index (χ2n) is 6.51. The fourth-order valence-electron chi connectivity index (χ4n) is 3.11. The first kappa shape index (κ1) is 19.8. The molecule has 0 aliphatic carbocycles. The number of benzene rings is 4. The Balaban J connectivity index is 1.71. The Hall–Kier alpha value is -2.54. The molecular weight excluding hydrogens is 394 g/mol. The van der Waals surface area contributed by atoms with Crippen LogP contribution >= 0.6 is 15.4 Å². The Labute approximate surface area is 173 Å². The van der Waals surface area contributed by atoms with Crippen LogP contribution in [0.4, 0.5) is 0 Å². The lowest BCUT2D eigenvalue weighted by Crippen LogP contribution is -2.38. The van der Waals surface area contributed by atoms with Crippen molar-refractivity contribution in [2.75, 3.05) is 0 Å². The highest BCUT2D eigenvalue weighted by atomic mass is 31.2. The predicted molar refractivity (Wildman–Crippen MR) is 125 cm³/mol. The number of rotatable bonds is 7. The first-order valence-corrected chi connectivity index (χ1v) is 12.5. The summed E-state index contributed by atoms with van der Waals surface area (Å²) in [6, 6.07) is 39.7. The van der Waals surface area contributed by atoms with Gasteiger partial charge in [-0.05, 0) is 34.9 Å². The van der Waals surface area contributed by atoms with Crippen LogP contribution in [0, 0.1) is 0 Å². The molecule has 2 N–H and O–H groups in total. The molecule has 0 bridgehead atoms. The zero-order valence-electron chi connectivity index (χ0n) is 15.8. The van der Waals surface area contributed by atoms with Crippen LogP contribution in [-0.4, -0.2) is 0 Å². The molecule has 5 heteroatoms. The minimum Gasteiger partial charge on any atom is -0.295 e. The van der Waals surface area contributed by atoms with Gasteiger partial charge in [-0.3, -0.25) is 4.57 Å². The van der Waals surface area contributed by atoms with Gasteiger partial charge in [-0.2, -0.15) is 5.20 Å². The fraction of sp³-hybridized carbons (Fsp3) is 0. The highest BCUT2D eigenvalue weighted by Crippen LogP contribution is 2.40. The molecule has 144 valence electrons. The van der Waals surface area contributed by atoms with Crippen LogP contribution in [0.3, 0.4) is 0 Å². The molecule has 4 aromatic carbocycles. The van der Waals surface area contributed by atoms with Crippen LogP contribution < -0.4 is 31.6 Å². The topological polar surface area (TPSA) is 41.1 Å². The molecule has 0 saturated carbocycles. The van der Waals surface area contributed by atoms with Crippen molar-refractivity contribution in [3.63, 3.8) is 0 Å². The average molecular weight is 416 g/mol. The molecule has 0 radical (unpaired) electrons. The van der Waals surface area contributed by atoms with Gasteiger partial charge in [-0.25, -0.2) is 5.20 Å². The van der Waals surface area contributed by atoms with E-state index in [0.29, 0.717) is 0 Å². The zero-order valence-corrected chi connectivity index (χ0v) is 17.6. The third kappa shape index (κ3) is 4.56. The SMILES string of the molecule is O=P(NNP(c1ccccc1)c1ccccc1)(c1ccccc1)c1ccccc1. The Morgan fingerprint density at radius 3 is 1.24 bits per heavy atom. The lowest BCUT2D eigenvalue weighted by atomic mass is 10.4. The first-order valence-electron chi connectivity index (χ1n) is 9.42. The van der Waals surface area contributed by atoms with Gasteiger partial charge in [0.05, 0.1) is 0 Å². The van der Waals surface area contributed by atoms with E-state index in [-0.39, 0.29) is 0 Å². The Bertz CT molecular complexity index is 992. The third-order valence-electron chi connectivity index (χ3n) is 4.59. The summed E-state index contributed by atoms with van der Waals surface area (Å²) >= 11 is 0. The molecule has 4 rings (SSSR count). The molecule has 0 unspecified atom stereocenters. The maximum Gasteiger partial charge on any atom is 0.217 e. The smallest absolute Gasteiger partial charge is 0.217 e. The molecule has 4 aromatic rings. The van der Waals surface area contributed by atoms with Crippen molar-refractivity contribution < 1.29 is 4.57 Å². The van der Waals surface area contributed by atoms with E-state index in [0.717, 1.165) is 21.2 Å². The van der Waals surface area contributed by atoms with Gasteiger partial charge >= 0.3 is 0 Å². The van der Waals surface area contributed by atoms with Gasteiger partial charge in [0.2, 0.25) is 7.29 Å². The molecule has 0 fully saturated rings. The summed E-state index contributed by atoms with van der Waals surface area (Å²) in [5, 5.41) is 10.6. The summed E-state index contributed by atoms with van der Waals surface area (Å²) in [7, 11) is -3.99. The number of hydrazine groups is 1. The molecule has 3 nitrogen and oxygen atoms in total. The third-order valence-corrected chi connectivity index (χ3v) is 9.21. The van der Waals surface area contributed by atoms with Crippen molar-refractivity contribution >= 4 is 36.6 Å². The minimum atomic E-state index is -3.06. The second-order valence-corrected chi connectivity index (χ2v) is 10.9. The van der Waals surface area contributed by atoms with Crippen molar-refractivity contribution in [2.24, 2.45) is 0 Å². The summed E-state index contributed by atoms with van der Waals surface area (Å²) in [6.07, 6.45) is 0. The van der Waals surface area contributed by atoms with Crippen molar-refractivity contribution in [3.8, 4) is 0 Å². The van der Waals surface area contributed by atoms with Gasteiger partial charge in [0.25, 0.3) is 0 Å². The normalized spacial score (nSPS) is 11.5. The van der Waals surface area contributed by atoms with E-state index in [1.807, 2.05) is 97.1 Å². The van der Waals surface area contributed by atoms with E-state index in [2.05, 4.69) is 34.7 Å². The van der Waals surface area contributed by atoms with Crippen LogP contribution in [0.25, 0.3) is 0 Å². The molecule has 29 heavy (non-hydrogen) atoms. The molecule has 0 aromatic heterocycles. The van der Waals surface area contributed by atoms with E-state index < -0.39 is 15.4 Å². The number of nitrogens with one attached hydrogen (secondary N) is 2. The Kier molecular flexibility index (Phi) is 6.34. The van der Waals surface area contributed by atoms with Gasteiger partial charge < -0.3 is 0 Å². The van der Waals surface area contributed by atoms with Crippen LogP contribution in [0.15, 0.2) is 121 Å². The monoisotopic (exact) mass is 416 g/mol. The Morgan fingerprint density at radius 2 is 0.862 bits per heavy atom. The quantitative estimate of drug-likeness (QED) is 0.353. The Morgan fingerprint density at radius 1 is 0.517 bits per heavy atom. The molecule has 0 spiro atoms. The van der Waals surface area contributed by atoms with Gasteiger partial charge in [-0.1, -0.05) is 97.1 Å². The summed E-state index contributed by atoms with van der Waals surface area (Å²) in [5.41, 5.74) is 0. The van der Waals surface area contributed by atoms with E-state index in [1.165, 1.54) is 0 Å². The van der Waals surface area contributed by atoms with Crippen LogP contribution in [0.2, 0.25) is 0 Å². The molecule has 0 saturated heterocycles. The van der Waals surface area contributed by atoms with Crippen molar-refractivity contribution in [1.29, 1.82) is 0 Å². The van der Waals surface area contributed by atoms with Crippen molar-refractivity contribution in [3.05, 3.63) is 121 Å². The molecular formula is C24H22N2OP2. The lowest BCUT2D eigenvalue weighted by Gasteiger charge is -2.26. The molecule has 0 atom stereocenters. The molecule has 0 heterocycles. The second kappa shape index (κ2) is 9.31. The van der Waals surface area contributed by atoms with Gasteiger partial charge in [0.15, 0.2) is 0 Å². The maximum atomic E-state index is 14.2. The largest absolute Gasteiger partial charge is 0.295 e. The highest BCUT2D eigenvalue weighted by Gasteiger charge is 2.28. The molecule has 0 aliphatic heterocycles. The van der Waals surface area contributed by atoms with Gasteiger partial charge in [0.1, 0.15) is 0 Å².